The van der Waals surface area contributed by atoms with E-state index in [2.05, 4.69) is 5.32 Å². The number of aliphatic hydroxyl groups is 1. The highest BCUT2D eigenvalue weighted by Crippen LogP contribution is 2.03. The summed E-state index contributed by atoms with van der Waals surface area (Å²) in [5, 5.41) is 12.3. The Morgan fingerprint density at radius 3 is 3.06 bits per heavy atom. The molecule has 1 rings (SSSR count). The van der Waals surface area contributed by atoms with Gasteiger partial charge in [0.2, 0.25) is 5.91 Å². The van der Waals surface area contributed by atoms with E-state index in [0.717, 1.165) is 0 Å². The van der Waals surface area contributed by atoms with Crippen LogP contribution in [-0.2, 0) is 9.53 Å². The summed E-state index contributed by atoms with van der Waals surface area (Å²) in [4.78, 5) is 11.4. The molecule has 0 saturated heterocycles. The van der Waals surface area contributed by atoms with Gasteiger partial charge in [-0.3, -0.25) is 4.79 Å². The molecule has 1 amide bonds. The Balaban J connectivity index is 2.35. The second-order valence-corrected chi connectivity index (χ2v) is 4.00. The fourth-order valence-electron chi connectivity index (χ4n) is 1.24. The van der Waals surface area contributed by atoms with E-state index in [1.54, 1.807) is 25.1 Å². The van der Waals surface area contributed by atoms with Crippen LogP contribution in [0.4, 0.5) is 0 Å². The van der Waals surface area contributed by atoms with Gasteiger partial charge in [-0.25, -0.2) is 0 Å². The highest BCUT2D eigenvalue weighted by Gasteiger charge is 2.20. The minimum atomic E-state index is -1.07. The van der Waals surface area contributed by atoms with Crippen LogP contribution >= 0.6 is 0 Å². The molecule has 17 heavy (non-hydrogen) atoms. The average molecular weight is 239 g/mol. The number of amides is 1. The summed E-state index contributed by atoms with van der Waals surface area (Å²) in [6, 6.07) is 3.48. The van der Waals surface area contributed by atoms with Crippen LogP contribution in [-0.4, -0.2) is 36.9 Å². The van der Waals surface area contributed by atoms with Gasteiger partial charge < -0.3 is 19.6 Å². The van der Waals surface area contributed by atoms with Crippen molar-refractivity contribution in [3.8, 4) is 0 Å². The number of rotatable bonds is 6. The van der Waals surface area contributed by atoms with Crippen molar-refractivity contribution in [3.05, 3.63) is 30.2 Å². The Bertz CT molecular complexity index is 368. The van der Waals surface area contributed by atoms with Crippen LogP contribution in [0.1, 0.15) is 12.7 Å². The summed E-state index contributed by atoms with van der Waals surface area (Å²) in [7, 11) is 1.49. The van der Waals surface area contributed by atoms with Gasteiger partial charge in [0, 0.05) is 19.7 Å². The highest BCUT2D eigenvalue weighted by atomic mass is 16.5. The van der Waals surface area contributed by atoms with Crippen LogP contribution in [0.15, 0.2) is 28.9 Å². The van der Waals surface area contributed by atoms with Gasteiger partial charge in [0.05, 0.1) is 12.9 Å². The maximum atomic E-state index is 11.4. The first kappa shape index (κ1) is 13.5. The first-order valence-corrected chi connectivity index (χ1v) is 5.24. The van der Waals surface area contributed by atoms with Crippen molar-refractivity contribution in [1.29, 1.82) is 0 Å². The zero-order valence-electron chi connectivity index (χ0n) is 9.97. The number of furan rings is 1. The van der Waals surface area contributed by atoms with Gasteiger partial charge in [-0.15, -0.1) is 0 Å². The lowest BCUT2D eigenvalue weighted by atomic mass is 10.1. The lowest BCUT2D eigenvalue weighted by Crippen LogP contribution is -2.43. The topological polar surface area (TPSA) is 71.7 Å². The standard InChI is InChI=1S/C12H17NO4/c1-12(15,9-16-2)8-13-11(14)6-5-10-4-3-7-17-10/h3-7,15H,8-9H2,1-2H3,(H,13,14). The van der Waals surface area contributed by atoms with Gasteiger partial charge in [-0.05, 0) is 25.1 Å². The highest BCUT2D eigenvalue weighted by molar-refractivity contribution is 5.91. The summed E-state index contributed by atoms with van der Waals surface area (Å²) in [6.07, 6.45) is 4.43. The molecule has 1 aromatic heterocycles. The third-order valence-corrected chi connectivity index (χ3v) is 2.04. The smallest absolute Gasteiger partial charge is 0.244 e. The van der Waals surface area contributed by atoms with Crippen molar-refractivity contribution >= 4 is 12.0 Å². The van der Waals surface area contributed by atoms with Crippen LogP contribution < -0.4 is 5.32 Å². The molecule has 1 aromatic rings. The third-order valence-electron chi connectivity index (χ3n) is 2.04. The first-order chi connectivity index (χ1) is 8.03. The van der Waals surface area contributed by atoms with Crippen LogP contribution in [0.25, 0.3) is 6.08 Å². The Kier molecular flexibility index (Phi) is 4.93. The largest absolute Gasteiger partial charge is 0.465 e. The zero-order chi connectivity index (χ0) is 12.7. The second-order valence-electron chi connectivity index (χ2n) is 4.00. The van der Waals surface area contributed by atoms with Gasteiger partial charge in [-0.2, -0.15) is 0 Å². The Hall–Kier alpha value is -1.59. The molecule has 0 bridgehead atoms. The van der Waals surface area contributed by atoms with Crippen molar-refractivity contribution in [2.24, 2.45) is 0 Å². The summed E-state index contributed by atoms with van der Waals surface area (Å²) >= 11 is 0. The fourth-order valence-corrected chi connectivity index (χ4v) is 1.24. The molecular weight excluding hydrogens is 222 g/mol. The molecule has 1 heterocycles. The molecular formula is C12H17NO4. The molecule has 0 spiro atoms. The predicted octanol–water partition coefficient (Wildman–Crippen LogP) is 0.806. The zero-order valence-corrected chi connectivity index (χ0v) is 9.97. The van der Waals surface area contributed by atoms with E-state index >= 15 is 0 Å². The van der Waals surface area contributed by atoms with Gasteiger partial charge in [0.25, 0.3) is 0 Å². The maximum absolute atomic E-state index is 11.4. The number of nitrogens with one attached hydrogen (secondary N) is 1. The lowest BCUT2D eigenvalue weighted by molar-refractivity contribution is -0.118. The molecule has 0 fully saturated rings. The SMILES string of the molecule is COCC(C)(O)CNC(=O)C=Cc1ccco1. The molecule has 5 nitrogen and oxygen atoms in total. The molecule has 2 N–H and O–H groups in total. The van der Waals surface area contributed by atoms with Crippen LogP contribution in [0.5, 0.6) is 0 Å². The third kappa shape index (κ3) is 5.33. The molecule has 5 heteroatoms. The van der Waals surface area contributed by atoms with E-state index < -0.39 is 5.60 Å². The first-order valence-electron chi connectivity index (χ1n) is 5.24. The predicted molar refractivity (Wildman–Crippen MR) is 63.3 cm³/mol. The van der Waals surface area contributed by atoms with Crippen LogP contribution in [0.3, 0.4) is 0 Å². The molecule has 1 atom stereocenters. The number of ether oxygens (including phenoxy) is 1. The number of carbonyl (C=O) groups is 1. The second kappa shape index (κ2) is 6.22. The van der Waals surface area contributed by atoms with Gasteiger partial charge in [0.15, 0.2) is 0 Å². The van der Waals surface area contributed by atoms with Crippen molar-refractivity contribution in [1.82, 2.24) is 5.32 Å². The molecule has 0 aliphatic heterocycles. The van der Waals surface area contributed by atoms with E-state index in [1.165, 1.54) is 19.4 Å². The summed E-state index contributed by atoms with van der Waals surface area (Å²) in [6.45, 7) is 1.88. The average Bonchev–Trinajstić information content (AvgIpc) is 2.76. The van der Waals surface area contributed by atoms with Gasteiger partial charge in [0.1, 0.15) is 11.4 Å². The Labute approximate surface area is 100 Å². The molecule has 0 aliphatic carbocycles. The van der Waals surface area contributed by atoms with Crippen LogP contribution in [0, 0.1) is 0 Å². The molecule has 0 saturated carbocycles. The van der Waals surface area contributed by atoms with E-state index in [1.807, 2.05) is 0 Å². The van der Waals surface area contributed by atoms with Crippen molar-refractivity contribution in [3.63, 3.8) is 0 Å². The maximum Gasteiger partial charge on any atom is 0.244 e. The van der Waals surface area contributed by atoms with Gasteiger partial charge >= 0.3 is 0 Å². The number of hydrogen-bond donors (Lipinski definition) is 2. The molecule has 0 aliphatic rings. The quantitative estimate of drug-likeness (QED) is 0.720. The van der Waals surface area contributed by atoms with E-state index in [4.69, 9.17) is 9.15 Å². The summed E-state index contributed by atoms with van der Waals surface area (Å²) in [5.74, 6) is 0.307. The normalized spacial score (nSPS) is 14.8. The van der Waals surface area contributed by atoms with Gasteiger partial charge in [-0.1, -0.05) is 0 Å². The monoisotopic (exact) mass is 239 g/mol. The molecule has 1 unspecified atom stereocenters. The molecule has 0 aromatic carbocycles. The summed E-state index contributed by atoms with van der Waals surface area (Å²) in [5.41, 5.74) is -1.07. The van der Waals surface area contributed by atoms with Crippen molar-refractivity contribution in [2.75, 3.05) is 20.3 Å². The van der Waals surface area contributed by atoms with Crippen molar-refractivity contribution in [2.45, 2.75) is 12.5 Å². The van der Waals surface area contributed by atoms with E-state index in [0.29, 0.717) is 5.76 Å². The number of hydrogen-bond acceptors (Lipinski definition) is 4. The van der Waals surface area contributed by atoms with Crippen LogP contribution in [0.2, 0.25) is 0 Å². The number of methoxy groups -OCH3 is 1. The Morgan fingerprint density at radius 1 is 1.71 bits per heavy atom. The molecule has 94 valence electrons. The van der Waals surface area contributed by atoms with E-state index in [9.17, 15) is 9.90 Å². The number of carbonyl (C=O) groups excluding carboxylic acids is 1. The molecule has 0 radical (unpaired) electrons. The minimum Gasteiger partial charge on any atom is -0.465 e. The fraction of sp³-hybridized carbons (Fsp3) is 0.417. The van der Waals surface area contributed by atoms with Crippen molar-refractivity contribution < 1.29 is 19.1 Å². The minimum absolute atomic E-state index is 0.127. The van der Waals surface area contributed by atoms with E-state index in [-0.39, 0.29) is 19.1 Å². The Morgan fingerprint density at radius 2 is 2.47 bits per heavy atom. The summed E-state index contributed by atoms with van der Waals surface area (Å²) < 4.78 is 9.86. The lowest BCUT2D eigenvalue weighted by Gasteiger charge is -2.21.